The van der Waals surface area contributed by atoms with Gasteiger partial charge in [0, 0.05) is 19.5 Å². The molecule has 1 heterocycles. The number of hydrogen-bond donors (Lipinski definition) is 3. The summed E-state index contributed by atoms with van der Waals surface area (Å²) in [5.74, 6) is 1.88. The summed E-state index contributed by atoms with van der Waals surface area (Å²) in [6.07, 6.45) is 1.85. The molecule has 0 fully saturated rings. The molecule has 0 aliphatic carbocycles. The van der Waals surface area contributed by atoms with Crippen LogP contribution < -0.4 is 10.6 Å². The maximum atomic E-state index is 4.70. The van der Waals surface area contributed by atoms with Crippen LogP contribution in [0.5, 0.6) is 0 Å². The van der Waals surface area contributed by atoms with Crippen molar-refractivity contribution in [1.82, 2.24) is 20.6 Å². The predicted molar refractivity (Wildman–Crippen MR) is 108 cm³/mol. The molecular weight excluding hydrogens is 322 g/mol. The van der Waals surface area contributed by atoms with Crippen LogP contribution in [0.2, 0.25) is 0 Å². The molecule has 0 spiro atoms. The van der Waals surface area contributed by atoms with E-state index in [1.807, 2.05) is 24.3 Å². The summed E-state index contributed by atoms with van der Waals surface area (Å²) in [5, 5.41) is 6.79. The van der Waals surface area contributed by atoms with E-state index in [1.165, 1.54) is 5.56 Å². The third kappa shape index (κ3) is 4.85. The summed E-state index contributed by atoms with van der Waals surface area (Å²) in [7, 11) is 0. The maximum Gasteiger partial charge on any atom is 0.191 e. The number of aromatic amines is 1. The first kappa shape index (κ1) is 18.0. The van der Waals surface area contributed by atoms with Crippen LogP contribution in [0.3, 0.4) is 0 Å². The van der Waals surface area contributed by atoms with E-state index in [9.17, 15) is 0 Å². The van der Waals surface area contributed by atoms with Gasteiger partial charge in [-0.2, -0.15) is 0 Å². The highest BCUT2D eigenvalue weighted by Crippen LogP contribution is 2.12. The van der Waals surface area contributed by atoms with Crippen LogP contribution in [0.4, 0.5) is 0 Å². The van der Waals surface area contributed by atoms with Gasteiger partial charge in [0.15, 0.2) is 5.96 Å². The van der Waals surface area contributed by atoms with E-state index in [0.29, 0.717) is 0 Å². The van der Waals surface area contributed by atoms with Crippen molar-refractivity contribution >= 4 is 17.0 Å². The Morgan fingerprint density at radius 3 is 2.65 bits per heavy atom. The zero-order valence-corrected chi connectivity index (χ0v) is 15.5. The zero-order chi connectivity index (χ0) is 18.2. The fraction of sp³-hybridized carbons (Fsp3) is 0.333. The van der Waals surface area contributed by atoms with Crippen molar-refractivity contribution in [3.05, 3.63) is 66.0 Å². The van der Waals surface area contributed by atoms with Crippen LogP contribution in [0.1, 0.15) is 37.7 Å². The van der Waals surface area contributed by atoms with Crippen LogP contribution in [-0.4, -0.2) is 29.0 Å². The first-order chi connectivity index (χ1) is 12.8. The topological polar surface area (TPSA) is 65.1 Å². The van der Waals surface area contributed by atoms with Crippen LogP contribution in [0.25, 0.3) is 11.0 Å². The number of aromatic nitrogens is 2. The van der Waals surface area contributed by atoms with Crippen molar-refractivity contribution < 1.29 is 0 Å². The molecule has 2 aromatic carbocycles. The molecule has 5 heteroatoms. The van der Waals surface area contributed by atoms with Gasteiger partial charge in [0.1, 0.15) is 5.82 Å². The Balaban J connectivity index is 1.53. The molecule has 0 aliphatic rings. The first-order valence-electron chi connectivity index (χ1n) is 9.29. The Hall–Kier alpha value is -2.82. The number of imidazole rings is 1. The second-order valence-electron chi connectivity index (χ2n) is 6.34. The Kier molecular flexibility index (Phi) is 6.25. The van der Waals surface area contributed by atoms with Crippen molar-refractivity contribution in [2.24, 2.45) is 4.99 Å². The average Bonchev–Trinajstić information content (AvgIpc) is 3.09. The van der Waals surface area contributed by atoms with Crippen LogP contribution in [0.15, 0.2) is 59.6 Å². The highest BCUT2D eigenvalue weighted by molar-refractivity contribution is 5.80. The molecular formula is C21H27N5. The van der Waals surface area contributed by atoms with Crippen molar-refractivity contribution in [3.63, 3.8) is 0 Å². The Morgan fingerprint density at radius 2 is 1.88 bits per heavy atom. The van der Waals surface area contributed by atoms with Crippen LogP contribution in [-0.2, 0) is 6.42 Å². The first-order valence-corrected chi connectivity index (χ1v) is 9.29. The molecule has 1 atom stereocenters. The number of guanidine groups is 1. The summed E-state index contributed by atoms with van der Waals surface area (Å²) >= 11 is 0. The number of aryl methyl sites for hydroxylation is 1. The summed E-state index contributed by atoms with van der Waals surface area (Å²) in [5.41, 5.74) is 3.37. The Morgan fingerprint density at radius 1 is 1.12 bits per heavy atom. The largest absolute Gasteiger partial charge is 0.357 e. The lowest BCUT2D eigenvalue weighted by molar-refractivity contribution is 0.682. The third-order valence-corrected chi connectivity index (χ3v) is 4.28. The molecule has 0 saturated carbocycles. The van der Waals surface area contributed by atoms with E-state index in [-0.39, 0.29) is 6.04 Å². The van der Waals surface area contributed by atoms with Gasteiger partial charge in [-0.25, -0.2) is 4.98 Å². The second kappa shape index (κ2) is 9.04. The molecule has 136 valence electrons. The van der Waals surface area contributed by atoms with Crippen molar-refractivity contribution in [1.29, 1.82) is 0 Å². The smallest absolute Gasteiger partial charge is 0.191 e. The lowest BCUT2D eigenvalue weighted by Crippen LogP contribution is -2.38. The van der Waals surface area contributed by atoms with E-state index >= 15 is 0 Å². The number of hydrogen-bond acceptors (Lipinski definition) is 2. The highest BCUT2D eigenvalue weighted by atomic mass is 15.2. The summed E-state index contributed by atoms with van der Waals surface area (Å²) < 4.78 is 0. The minimum atomic E-state index is 0.212. The van der Waals surface area contributed by atoms with E-state index < -0.39 is 0 Å². The molecule has 0 aliphatic heterocycles. The SMILES string of the molecule is CCNC(=NCCCc1nc2ccccc2[nH]1)NC(C)c1ccccc1. The standard InChI is InChI=1S/C21H27N5/c1-3-22-21(24-16(2)17-10-5-4-6-11-17)23-15-9-14-20-25-18-12-7-8-13-19(18)26-20/h4-8,10-13,16H,3,9,14-15H2,1-2H3,(H,25,26)(H2,22,23,24). The van der Waals surface area contributed by atoms with Gasteiger partial charge in [-0.1, -0.05) is 42.5 Å². The number of fused-ring (bicyclic) bond motifs is 1. The molecule has 1 aromatic heterocycles. The highest BCUT2D eigenvalue weighted by Gasteiger charge is 2.07. The van der Waals surface area contributed by atoms with Gasteiger partial charge in [-0.3, -0.25) is 4.99 Å². The van der Waals surface area contributed by atoms with E-state index in [0.717, 1.165) is 48.7 Å². The summed E-state index contributed by atoms with van der Waals surface area (Å²) in [6.45, 7) is 5.83. The van der Waals surface area contributed by atoms with Gasteiger partial charge >= 0.3 is 0 Å². The maximum absolute atomic E-state index is 4.70. The fourth-order valence-corrected chi connectivity index (χ4v) is 2.91. The number of rotatable bonds is 7. The van der Waals surface area contributed by atoms with Gasteiger partial charge in [0.2, 0.25) is 0 Å². The monoisotopic (exact) mass is 349 g/mol. The van der Waals surface area contributed by atoms with Crippen LogP contribution in [0, 0.1) is 0 Å². The molecule has 3 rings (SSSR count). The molecule has 0 radical (unpaired) electrons. The molecule has 3 N–H and O–H groups in total. The normalized spacial score (nSPS) is 12.9. The molecule has 0 amide bonds. The van der Waals surface area contributed by atoms with Crippen molar-refractivity contribution in [2.75, 3.05) is 13.1 Å². The van der Waals surface area contributed by atoms with E-state index in [4.69, 9.17) is 4.99 Å². The van der Waals surface area contributed by atoms with E-state index in [2.05, 4.69) is 64.8 Å². The lowest BCUT2D eigenvalue weighted by Gasteiger charge is -2.18. The number of nitrogens with zero attached hydrogens (tertiary/aromatic N) is 2. The van der Waals surface area contributed by atoms with E-state index in [1.54, 1.807) is 0 Å². The number of aliphatic imine (C=N–C) groups is 1. The van der Waals surface area contributed by atoms with Gasteiger partial charge in [-0.05, 0) is 38.0 Å². The number of nitrogens with one attached hydrogen (secondary N) is 3. The fourth-order valence-electron chi connectivity index (χ4n) is 2.91. The zero-order valence-electron chi connectivity index (χ0n) is 15.5. The Labute approximate surface area is 155 Å². The molecule has 3 aromatic rings. The second-order valence-corrected chi connectivity index (χ2v) is 6.34. The number of para-hydroxylation sites is 2. The Bertz CT molecular complexity index is 805. The minimum Gasteiger partial charge on any atom is -0.357 e. The number of benzene rings is 2. The van der Waals surface area contributed by atoms with Crippen LogP contribution >= 0.6 is 0 Å². The van der Waals surface area contributed by atoms with Crippen molar-refractivity contribution in [2.45, 2.75) is 32.7 Å². The van der Waals surface area contributed by atoms with Gasteiger partial charge in [0.05, 0.1) is 17.1 Å². The third-order valence-electron chi connectivity index (χ3n) is 4.28. The van der Waals surface area contributed by atoms with Gasteiger partial charge in [-0.15, -0.1) is 0 Å². The quantitative estimate of drug-likeness (QED) is 0.345. The minimum absolute atomic E-state index is 0.212. The predicted octanol–water partition coefficient (Wildman–Crippen LogP) is 3.81. The van der Waals surface area contributed by atoms with Gasteiger partial charge in [0.25, 0.3) is 0 Å². The molecule has 0 bridgehead atoms. The average molecular weight is 349 g/mol. The molecule has 26 heavy (non-hydrogen) atoms. The summed E-state index contributed by atoms with van der Waals surface area (Å²) in [6, 6.07) is 18.8. The van der Waals surface area contributed by atoms with Gasteiger partial charge < -0.3 is 15.6 Å². The summed E-state index contributed by atoms with van der Waals surface area (Å²) in [4.78, 5) is 12.7. The number of H-pyrrole nitrogens is 1. The molecule has 0 saturated heterocycles. The molecule has 5 nitrogen and oxygen atoms in total. The molecule has 1 unspecified atom stereocenters. The lowest BCUT2D eigenvalue weighted by atomic mass is 10.1. The van der Waals surface area contributed by atoms with Crippen molar-refractivity contribution in [3.8, 4) is 0 Å².